The highest BCUT2D eigenvalue weighted by molar-refractivity contribution is 7.93. The zero-order chi connectivity index (χ0) is 26.2. The number of hydrogen-bond donors (Lipinski definition) is 6. The number of halogens is 2. The van der Waals surface area contributed by atoms with Gasteiger partial charge in [-0.3, -0.25) is 4.72 Å². The van der Waals surface area contributed by atoms with Crippen LogP contribution in [0.15, 0.2) is 29.8 Å². The Kier molecular flexibility index (Phi) is 8.13. The Hall–Kier alpha value is -1.84. The Labute approximate surface area is 205 Å². The van der Waals surface area contributed by atoms with E-state index in [-0.39, 0.29) is 36.6 Å². The summed E-state index contributed by atoms with van der Waals surface area (Å²) in [5.41, 5.74) is -2.25. The highest BCUT2D eigenvalue weighted by Crippen LogP contribution is 2.45. The van der Waals surface area contributed by atoms with Crippen LogP contribution in [-0.4, -0.2) is 88.1 Å². The summed E-state index contributed by atoms with van der Waals surface area (Å²) < 4.78 is 53.2. The van der Waals surface area contributed by atoms with Gasteiger partial charge in [-0.2, -0.15) is 0 Å². The standard InChI is InChI=1S/C21H27ClFNO10S/c1-2-20(18(28)17(27)15(26)9-25)10-33-21(34-20)6-5-16(12(8-21)19(29)30)35(31,32)24-14-4-3-11(23)7-13(14)22/h3-4,7-8,15-18,24-28H,2,5-6,9-10H2,1H3,(H,29,30)/t15-,16?,17-,18+,20-,21?/m1/s1. The molecule has 0 amide bonds. The molecule has 35 heavy (non-hydrogen) atoms. The summed E-state index contributed by atoms with van der Waals surface area (Å²) >= 11 is 5.89. The molecule has 1 aromatic rings. The molecule has 0 bridgehead atoms. The molecular weight excluding hydrogens is 513 g/mol. The molecule has 1 aromatic carbocycles. The predicted octanol–water partition coefficient (Wildman–Crippen LogP) is 0.361. The van der Waals surface area contributed by atoms with Gasteiger partial charge in [0.1, 0.15) is 35.0 Å². The van der Waals surface area contributed by atoms with Crippen molar-refractivity contribution in [3.05, 3.63) is 40.7 Å². The summed E-state index contributed by atoms with van der Waals surface area (Å²) in [7, 11) is -4.36. The molecule has 14 heteroatoms. The van der Waals surface area contributed by atoms with Crippen molar-refractivity contribution in [2.75, 3.05) is 17.9 Å². The van der Waals surface area contributed by atoms with Crippen molar-refractivity contribution in [3.63, 3.8) is 0 Å². The highest BCUT2D eigenvalue weighted by atomic mass is 35.5. The van der Waals surface area contributed by atoms with Gasteiger partial charge in [-0.25, -0.2) is 17.6 Å². The molecule has 6 N–H and O–H groups in total. The van der Waals surface area contributed by atoms with E-state index in [0.29, 0.717) is 0 Å². The molecule has 196 valence electrons. The van der Waals surface area contributed by atoms with E-state index in [1.54, 1.807) is 6.92 Å². The van der Waals surface area contributed by atoms with E-state index >= 15 is 0 Å². The number of anilines is 1. The predicted molar refractivity (Wildman–Crippen MR) is 121 cm³/mol. The van der Waals surface area contributed by atoms with Gasteiger partial charge < -0.3 is 35.0 Å². The molecular formula is C21H27ClFNO10S. The molecule has 1 heterocycles. The first kappa shape index (κ1) is 27.7. The number of carboxylic acid groups (broad SMARTS) is 1. The maximum atomic E-state index is 13.3. The summed E-state index contributed by atoms with van der Waals surface area (Å²) in [6, 6.07) is 3.00. The largest absolute Gasteiger partial charge is 0.478 e. The van der Waals surface area contributed by atoms with Gasteiger partial charge in [0, 0.05) is 6.42 Å². The first-order chi connectivity index (χ1) is 16.3. The van der Waals surface area contributed by atoms with E-state index in [4.69, 9.17) is 26.2 Å². The minimum absolute atomic E-state index is 0.0771. The molecule has 1 saturated heterocycles. The average Bonchev–Trinajstić information content (AvgIpc) is 3.18. The van der Waals surface area contributed by atoms with Crippen molar-refractivity contribution in [3.8, 4) is 0 Å². The number of aliphatic hydroxyl groups is 4. The van der Waals surface area contributed by atoms with Gasteiger partial charge >= 0.3 is 5.97 Å². The first-order valence-electron chi connectivity index (χ1n) is 10.7. The average molecular weight is 540 g/mol. The van der Waals surface area contributed by atoms with Crippen LogP contribution < -0.4 is 4.72 Å². The molecule has 3 rings (SSSR count). The number of sulfonamides is 1. The van der Waals surface area contributed by atoms with Crippen LogP contribution in [-0.2, 0) is 24.3 Å². The molecule has 0 aromatic heterocycles. The van der Waals surface area contributed by atoms with Crippen molar-refractivity contribution in [2.24, 2.45) is 0 Å². The number of carboxylic acids is 1. The van der Waals surface area contributed by atoms with Gasteiger partial charge in [0.05, 0.1) is 29.5 Å². The zero-order valence-corrected chi connectivity index (χ0v) is 20.2. The second-order valence-corrected chi connectivity index (χ2v) is 10.8. The molecule has 0 radical (unpaired) electrons. The van der Waals surface area contributed by atoms with Gasteiger partial charge in [-0.1, -0.05) is 18.5 Å². The van der Waals surface area contributed by atoms with E-state index < -0.39 is 68.9 Å². The number of hydrogen-bond acceptors (Lipinski definition) is 9. The van der Waals surface area contributed by atoms with Crippen LogP contribution in [0, 0.1) is 5.82 Å². The number of rotatable bonds is 9. The van der Waals surface area contributed by atoms with E-state index in [9.17, 15) is 38.0 Å². The summed E-state index contributed by atoms with van der Waals surface area (Å²) in [5.74, 6) is -3.95. The number of benzene rings is 1. The lowest BCUT2D eigenvalue weighted by molar-refractivity contribution is -0.208. The van der Waals surface area contributed by atoms with Crippen molar-refractivity contribution >= 4 is 33.3 Å². The third-order valence-electron chi connectivity index (χ3n) is 6.26. The van der Waals surface area contributed by atoms with Crippen molar-refractivity contribution in [2.45, 2.75) is 61.1 Å². The Morgan fingerprint density at radius 3 is 2.60 bits per heavy atom. The van der Waals surface area contributed by atoms with E-state index in [0.717, 1.165) is 24.3 Å². The third-order valence-corrected chi connectivity index (χ3v) is 8.32. The Morgan fingerprint density at radius 2 is 2.03 bits per heavy atom. The van der Waals surface area contributed by atoms with Crippen molar-refractivity contribution in [1.82, 2.24) is 0 Å². The number of nitrogens with one attached hydrogen (secondary N) is 1. The topological polar surface area (TPSA) is 183 Å². The lowest BCUT2D eigenvalue weighted by Crippen LogP contribution is -2.56. The molecule has 6 atom stereocenters. The maximum absolute atomic E-state index is 13.3. The number of aliphatic carboxylic acids is 1. The summed E-state index contributed by atoms with van der Waals surface area (Å²) in [5, 5.41) is 47.6. The molecule has 0 saturated carbocycles. The molecule has 11 nitrogen and oxygen atoms in total. The Morgan fingerprint density at radius 1 is 1.34 bits per heavy atom. The minimum Gasteiger partial charge on any atom is -0.478 e. The second kappa shape index (κ2) is 10.3. The van der Waals surface area contributed by atoms with Gasteiger partial charge in [-0.05, 0) is 37.1 Å². The molecule has 1 aliphatic carbocycles. The van der Waals surface area contributed by atoms with Crippen LogP contribution in [0.2, 0.25) is 5.02 Å². The quantitative estimate of drug-likeness (QED) is 0.256. The normalized spacial score (nSPS) is 29.5. The molecule has 1 fully saturated rings. The lowest BCUT2D eigenvalue weighted by Gasteiger charge is -2.38. The van der Waals surface area contributed by atoms with Crippen LogP contribution in [0.25, 0.3) is 0 Å². The van der Waals surface area contributed by atoms with Crippen LogP contribution in [0.3, 0.4) is 0 Å². The molecule has 1 aliphatic heterocycles. The van der Waals surface area contributed by atoms with Gasteiger partial charge in [-0.15, -0.1) is 0 Å². The first-order valence-corrected chi connectivity index (χ1v) is 12.6. The maximum Gasteiger partial charge on any atom is 0.332 e. The monoisotopic (exact) mass is 539 g/mol. The fourth-order valence-corrected chi connectivity index (χ4v) is 6.04. The van der Waals surface area contributed by atoms with E-state index in [2.05, 4.69) is 4.72 Å². The fourth-order valence-electron chi connectivity index (χ4n) is 4.21. The molecule has 1 spiro atoms. The zero-order valence-electron chi connectivity index (χ0n) is 18.6. The molecule has 2 unspecified atom stereocenters. The number of carbonyl (C=O) groups is 1. The fraction of sp³-hybridized carbons (Fsp3) is 0.571. The SMILES string of the molecule is CC[C@]1([C@@H](O)[C@H](O)[C@H](O)CO)COC2(C=C(C(=O)O)C(S(=O)(=O)Nc3ccc(F)cc3Cl)CC2)O1. The Balaban J connectivity index is 1.90. The smallest absolute Gasteiger partial charge is 0.332 e. The van der Waals surface area contributed by atoms with Gasteiger partial charge in [0.25, 0.3) is 0 Å². The summed E-state index contributed by atoms with van der Waals surface area (Å²) in [6.45, 7) is 0.486. The van der Waals surface area contributed by atoms with Crippen molar-refractivity contribution in [1.29, 1.82) is 0 Å². The number of ether oxygens (including phenoxy) is 2. The van der Waals surface area contributed by atoms with Crippen LogP contribution in [0.4, 0.5) is 10.1 Å². The van der Waals surface area contributed by atoms with Crippen LogP contribution in [0.5, 0.6) is 0 Å². The summed E-state index contributed by atoms with van der Waals surface area (Å²) in [6.07, 6.45) is -4.46. The van der Waals surface area contributed by atoms with Gasteiger partial charge in [0.15, 0.2) is 5.79 Å². The Bertz CT molecular complexity index is 1100. The molecule has 2 aliphatic rings. The van der Waals surface area contributed by atoms with E-state index in [1.807, 2.05) is 0 Å². The van der Waals surface area contributed by atoms with Crippen molar-refractivity contribution < 1.29 is 52.6 Å². The summed E-state index contributed by atoms with van der Waals surface area (Å²) in [4.78, 5) is 12.0. The lowest BCUT2D eigenvalue weighted by atomic mass is 9.88. The van der Waals surface area contributed by atoms with E-state index in [1.165, 1.54) is 0 Å². The number of aliphatic hydroxyl groups excluding tert-OH is 4. The second-order valence-electron chi connectivity index (χ2n) is 8.51. The van der Waals surface area contributed by atoms with Crippen LogP contribution >= 0.6 is 11.6 Å². The minimum atomic E-state index is -4.36. The third kappa shape index (κ3) is 5.47. The highest BCUT2D eigenvalue weighted by Gasteiger charge is 2.57. The van der Waals surface area contributed by atoms with Gasteiger partial charge in [0.2, 0.25) is 10.0 Å². The van der Waals surface area contributed by atoms with Crippen LogP contribution in [0.1, 0.15) is 26.2 Å².